The summed E-state index contributed by atoms with van der Waals surface area (Å²) in [5, 5.41) is 10.6. The van der Waals surface area contributed by atoms with Crippen molar-refractivity contribution < 1.29 is 0 Å². The fraction of sp³-hybridized carbons (Fsp3) is 0.545. The predicted octanol–water partition coefficient (Wildman–Crippen LogP) is 2.09. The fourth-order valence-corrected chi connectivity index (χ4v) is 1.99. The third-order valence-electron chi connectivity index (χ3n) is 2.83. The summed E-state index contributed by atoms with van der Waals surface area (Å²) < 4.78 is 0. The van der Waals surface area contributed by atoms with Gasteiger partial charge in [-0.3, -0.25) is 5.10 Å². The second-order valence-corrected chi connectivity index (χ2v) is 3.98. The molecule has 0 fully saturated rings. The Kier molecular flexibility index (Phi) is 2.68. The van der Waals surface area contributed by atoms with Crippen LogP contribution in [-0.4, -0.2) is 16.2 Å². The molecule has 0 spiro atoms. The number of rotatable bonds is 3. The van der Waals surface area contributed by atoms with Crippen LogP contribution in [0.25, 0.3) is 0 Å². The monoisotopic (exact) mass is 191 g/mol. The van der Waals surface area contributed by atoms with Crippen molar-refractivity contribution in [2.75, 3.05) is 0 Å². The van der Waals surface area contributed by atoms with Gasteiger partial charge in [-0.2, -0.15) is 5.10 Å². The molecule has 3 heteroatoms. The molecule has 1 aliphatic rings. The van der Waals surface area contributed by atoms with Gasteiger partial charge in [-0.25, -0.2) is 0 Å². The van der Waals surface area contributed by atoms with Crippen molar-refractivity contribution in [3.05, 3.63) is 29.6 Å². The van der Waals surface area contributed by atoms with E-state index in [1.807, 2.05) is 6.20 Å². The molecule has 1 aliphatic carbocycles. The lowest BCUT2D eigenvalue weighted by Gasteiger charge is -2.18. The van der Waals surface area contributed by atoms with Crippen molar-refractivity contribution in [3.63, 3.8) is 0 Å². The molecular formula is C11H17N3. The molecule has 1 atom stereocenters. The SMILES string of the molecule is Cc1[nH]ncc1C(C)NC1CC=CC1. The Balaban J connectivity index is 1.95. The van der Waals surface area contributed by atoms with Crippen LogP contribution in [0.1, 0.15) is 37.1 Å². The summed E-state index contributed by atoms with van der Waals surface area (Å²) in [6, 6.07) is 0.998. The molecule has 0 saturated heterocycles. The Morgan fingerprint density at radius 2 is 2.21 bits per heavy atom. The third-order valence-corrected chi connectivity index (χ3v) is 2.83. The minimum atomic E-state index is 0.388. The molecule has 76 valence electrons. The number of nitrogens with zero attached hydrogens (tertiary/aromatic N) is 1. The lowest BCUT2D eigenvalue weighted by Crippen LogP contribution is -2.29. The van der Waals surface area contributed by atoms with Gasteiger partial charge in [0.2, 0.25) is 0 Å². The number of hydrogen-bond donors (Lipinski definition) is 2. The van der Waals surface area contributed by atoms with Crippen LogP contribution >= 0.6 is 0 Å². The standard InChI is InChI=1S/C11H17N3/c1-8(11-7-12-14-9(11)2)13-10-5-3-4-6-10/h3-4,7-8,10,13H,5-6H2,1-2H3,(H,12,14). The summed E-state index contributed by atoms with van der Waals surface area (Å²) >= 11 is 0. The average molecular weight is 191 g/mol. The highest BCUT2D eigenvalue weighted by Crippen LogP contribution is 2.18. The quantitative estimate of drug-likeness (QED) is 0.718. The summed E-state index contributed by atoms with van der Waals surface area (Å²) in [5.41, 5.74) is 2.44. The van der Waals surface area contributed by atoms with Crippen molar-refractivity contribution in [1.82, 2.24) is 15.5 Å². The van der Waals surface area contributed by atoms with Gasteiger partial charge in [0, 0.05) is 23.3 Å². The van der Waals surface area contributed by atoms with E-state index in [9.17, 15) is 0 Å². The van der Waals surface area contributed by atoms with Crippen LogP contribution in [0.4, 0.5) is 0 Å². The summed E-state index contributed by atoms with van der Waals surface area (Å²) in [5.74, 6) is 0. The molecule has 1 aromatic rings. The Labute approximate surface area is 84.6 Å². The molecule has 0 aromatic carbocycles. The lowest BCUT2D eigenvalue weighted by molar-refractivity contribution is 0.470. The van der Waals surface area contributed by atoms with Crippen LogP contribution in [-0.2, 0) is 0 Å². The zero-order valence-corrected chi connectivity index (χ0v) is 8.75. The van der Waals surface area contributed by atoms with Gasteiger partial charge in [0.15, 0.2) is 0 Å². The van der Waals surface area contributed by atoms with E-state index < -0.39 is 0 Å². The largest absolute Gasteiger partial charge is 0.307 e. The van der Waals surface area contributed by atoms with Gasteiger partial charge in [-0.1, -0.05) is 12.2 Å². The molecule has 0 amide bonds. The predicted molar refractivity (Wildman–Crippen MR) is 57.0 cm³/mol. The van der Waals surface area contributed by atoms with Crippen molar-refractivity contribution in [2.24, 2.45) is 0 Å². The number of hydrogen-bond acceptors (Lipinski definition) is 2. The van der Waals surface area contributed by atoms with Gasteiger partial charge in [-0.15, -0.1) is 0 Å². The maximum absolute atomic E-state index is 4.04. The summed E-state index contributed by atoms with van der Waals surface area (Å²) in [6.07, 6.45) is 8.71. The minimum absolute atomic E-state index is 0.388. The number of aromatic nitrogens is 2. The van der Waals surface area contributed by atoms with Gasteiger partial charge in [0.25, 0.3) is 0 Å². The van der Waals surface area contributed by atoms with Gasteiger partial charge >= 0.3 is 0 Å². The third kappa shape index (κ3) is 1.87. The first kappa shape index (κ1) is 9.46. The van der Waals surface area contributed by atoms with Crippen LogP contribution in [0.5, 0.6) is 0 Å². The molecule has 0 radical (unpaired) electrons. The smallest absolute Gasteiger partial charge is 0.0537 e. The molecular weight excluding hydrogens is 174 g/mol. The molecule has 14 heavy (non-hydrogen) atoms. The van der Waals surface area contributed by atoms with E-state index in [2.05, 4.69) is 41.5 Å². The molecule has 2 rings (SSSR count). The van der Waals surface area contributed by atoms with Crippen LogP contribution in [0.3, 0.4) is 0 Å². The van der Waals surface area contributed by atoms with Crippen molar-refractivity contribution in [1.29, 1.82) is 0 Å². The molecule has 1 unspecified atom stereocenters. The van der Waals surface area contributed by atoms with Crippen LogP contribution in [0.2, 0.25) is 0 Å². The Bertz CT molecular complexity index is 319. The van der Waals surface area contributed by atoms with E-state index in [0.29, 0.717) is 12.1 Å². The number of nitrogens with one attached hydrogen (secondary N) is 2. The summed E-state index contributed by atoms with van der Waals surface area (Å²) in [7, 11) is 0. The van der Waals surface area contributed by atoms with Crippen molar-refractivity contribution >= 4 is 0 Å². The second kappa shape index (κ2) is 3.96. The normalized spacial score (nSPS) is 19.0. The Hall–Kier alpha value is -1.09. The highest BCUT2D eigenvalue weighted by Gasteiger charge is 2.16. The average Bonchev–Trinajstić information content (AvgIpc) is 2.75. The van der Waals surface area contributed by atoms with Gasteiger partial charge in [0.1, 0.15) is 0 Å². The minimum Gasteiger partial charge on any atom is -0.307 e. The topological polar surface area (TPSA) is 40.7 Å². The highest BCUT2D eigenvalue weighted by atomic mass is 15.1. The number of aryl methyl sites for hydroxylation is 1. The van der Waals surface area contributed by atoms with E-state index in [4.69, 9.17) is 0 Å². The zero-order valence-electron chi connectivity index (χ0n) is 8.75. The Morgan fingerprint density at radius 3 is 2.79 bits per heavy atom. The lowest BCUT2D eigenvalue weighted by atomic mass is 10.1. The van der Waals surface area contributed by atoms with E-state index in [1.165, 1.54) is 5.56 Å². The maximum atomic E-state index is 4.04. The summed E-state index contributed by atoms with van der Waals surface area (Å²) in [4.78, 5) is 0. The van der Waals surface area contributed by atoms with Crippen LogP contribution < -0.4 is 5.32 Å². The molecule has 0 saturated carbocycles. The Morgan fingerprint density at radius 1 is 1.50 bits per heavy atom. The number of H-pyrrole nitrogens is 1. The molecule has 2 N–H and O–H groups in total. The van der Waals surface area contributed by atoms with E-state index in [1.54, 1.807) is 0 Å². The first-order valence-corrected chi connectivity index (χ1v) is 5.18. The molecule has 3 nitrogen and oxygen atoms in total. The number of aromatic amines is 1. The van der Waals surface area contributed by atoms with Crippen LogP contribution in [0.15, 0.2) is 18.3 Å². The fourth-order valence-electron chi connectivity index (χ4n) is 1.99. The zero-order chi connectivity index (χ0) is 9.97. The van der Waals surface area contributed by atoms with Crippen LogP contribution in [0, 0.1) is 6.92 Å². The van der Waals surface area contributed by atoms with Crippen molar-refractivity contribution in [2.45, 2.75) is 38.8 Å². The first-order chi connectivity index (χ1) is 6.77. The van der Waals surface area contributed by atoms with E-state index in [0.717, 1.165) is 18.5 Å². The van der Waals surface area contributed by atoms with Gasteiger partial charge in [-0.05, 0) is 26.7 Å². The maximum Gasteiger partial charge on any atom is 0.0537 e. The first-order valence-electron chi connectivity index (χ1n) is 5.18. The van der Waals surface area contributed by atoms with E-state index >= 15 is 0 Å². The summed E-state index contributed by atoms with van der Waals surface area (Å²) in [6.45, 7) is 4.25. The second-order valence-electron chi connectivity index (χ2n) is 3.98. The molecule has 1 heterocycles. The molecule has 1 aromatic heterocycles. The molecule has 0 bridgehead atoms. The van der Waals surface area contributed by atoms with E-state index in [-0.39, 0.29) is 0 Å². The van der Waals surface area contributed by atoms with Crippen molar-refractivity contribution in [3.8, 4) is 0 Å². The van der Waals surface area contributed by atoms with Gasteiger partial charge in [0.05, 0.1) is 6.20 Å². The molecule has 0 aliphatic heterocycles. The highest BCUT2D eigenvalue weighted by molar-refractivity contribution is 5.19. The van der Waals surface area contributed by atoms with Gasteiger partial charge < -0.3 is 5.32 Å².